The first-order valence-corrected chi connectivity index (χ1v) is 75.4. The van der Waals surface area contributed by atoms with Crippen LogP contribution in [0.2, 0.25) is 0 Å². The second-order valence-corrected chi connectivity index (χ2v) is 59.7. The van der Waals surface area contributed by atoms with E-state index in [2.05, 4.69) is 155 Å². The van der Waals surface area contributed by atoms with Gasteiger partial charge in [-0.3, -0.25) is 47.3 Å². The van der Waals surface area contributed by atoms with Gasteiger partial charge in [-0.15, -0.1) is 0 Å². The Balaban J connectivity index is 1.19. The van der Waals surface area contributed by atoms with Crippen molar-refractivity contribution in [2.75, 3.05) is 46.0 Å². The highest BCUT2D eigenvalue weighted by Gasteiger charge is 2.66. The van der Waals surface area contributed by atoms with Gasteiger partial charge in [-0.2, -0.15) is 94.1 Å². The molecule has 0 aromatic carbocycles. The molecule has 0 aromatic rings. The molecule has 4 aliphatic carbocycles. The molecule has 147 heavy (non-hydrogen) atoms. The van der Waals surface area contributed by atoms with Crippen LogP contribution in [0.3, 0.4) is 0 Å². The summed E-state index contributed by atoms with van der Waals surface area (Å²) in [6.07, 6.45) is 120. The van der Waals surface area contributed by atoms with E-state index in [1.165, 1.54) is 593 Å². The standard InChI is InChI=1S/C129H248N8O2S8/c1-9-17-25-33-41-49-57-65-73-83-96-140-107-95-91-94-106-108(107)124-133-123(106)131-121-104-92-81-82-93-105(104)122(130-121)132-125-109-110(114(141-97-84-74-66-58-50-42-34-26-18-10-2)118(145-101-88-78-70-62-54-46-38-30-22-14-6)117(113(109)129(138)139)144-100-87-77-69-61-53-45-37-29-21-13-5)126(135-125)136-128-112-111(127(134-124)137-128)115(142-98-85-75-67-59-51-43-35-27-19-11-3)119(146-102-89-79-71-63-55-47-39-31-23-15-7)120(147-103-90-80-72-64-56-48-40-32-24-16-8)116(112)143-99-86-76-68-60-52-44-36-28-20-12-4/h104-128,130-137H,9-103H2,1-8H3,(H,138,139). The number of unbranched alkanes of at least 4 members (excludes halogenated alkanes) is 72. The lowest BCUT2D eigenvalue weighted by Gasteiger charge is -2.52. The predicted octanol–water partition coefficient (Wildman–Crippen LogP) is 39.0. The molecule has 25 unspecified atom stereocenters. The largest absolute Gasteiger partial charge is 0.481 e. The van der Waals surface area contributed by atoms with Crippen molar-refractivity contribution in [3.05, 3.63) is 0 Å². The molecule has 4 saturated carbocycles. The lowest BCUT2D eigenvalue weighted by molar-refractivity contribution is -0.145. The van der Waals surface area contributed by atoms with E-state index >= 15 is 4.79 Å². The summed E-state index contributed by atoms with van der Waals surface area (Å²) in [7, 11) is 0. The summed E-state index contributed by atoms with van der Waals surface area (Å²) in [5, 5.41) is 55.2. The fraction of sp³-hybridized carbons (Fsp3) is 0.992. The van der Waals surface area contributed by atoms with Crippen molar-refractivity contribution < 1.29 is 9.90 Å². The molecule has 9 rings (SSSR count). The number of carbonyl (C=O) groups is 1. The summed E-state index contributed by atoms with van der Waals surface area (Å²) in [4.78, 5) is 16.0. The summed E-state index contributed by atoms with van der Waals surface area (Å²) in [6.45, 7) is 18.9. The van der Waals surface area contributed by atoms with Gasteiger partial charge >= 0.3 is 5.97 Å². The van der Waals surface area contributed by atoms with Gasteiger partial charge in [0.25, 0.3) is 0 Å². The van der Waals surface area contributed by atoms with E-state index in [4.69, 9.17) is 37.2 Å². The summed E-state index contributed by atoms with van der Waals surface area (Å²) >= 11 is 19.4. The third-order valence-electron chi connectivity index (χ3n) is 37.1. The summed E-state index contributed by atoms with van der Waals surface area (Å²) in [5.41, 5.74) is 0. The van der Waals surface area contributed by atoms with Crippen LogP contribution in [0, 0.1) is 53.3 Å². The molecular formula is C129H248N8O2S8. The number of hydrogen-bond donors (Lipinski definition) is 9. The Morgan fingerprint density at radius 3 is 0.592 bits per heavy atom. The van der Waals surface area contributed by atoms with Gasteiger partial charge in [0.2, 0.25) is 0 Å². The van der Waals surface area contributed by atoms with Gasteiger partial charge in [-0.1, -0.05) is 537 Å². The van der Waals surface area contributed by atoms with E-state index in [0.29, 0.717) is 67.0 Å². The van der Waals surface area contributed by atoms with E-state index in [0.717, 1.165) is 11.5 Å². The Labute approximate surface area is 949 Å². The van der Waals surface area contributed by atoms with Crippen LogP contribution in [0.15, 0.2) is 0 Å². The van der Waals surface area contributed by atoms with Gasteiger partial charge in [0.1, 0.15) is 0 Å². The number of nitrogens with one attached hydrogen (secondary N) is 8. The third kappa shape index (κ3) is 51.7. The molecule has 5 aliphatic heterocycles. The number of hydrogen-bond acceptors (Lipinski definition) is 17. The second kappa shape index (κ2) is 87.6. The van der Waals surface area contributed by atoms with Gasteiger partial charge in [0, 0.05) is 71.6 Å². The number of carboxylic acids is 1. The molecule has 0 amide bonds. The van der Waals surface area contributed by atoms with Crippen molar-refractivity contribution in [1.29, 1.82) is 0 Å². The Morgan fingerprint density at radius 2 is 0.347 bits per heavy atom. The maximum absolute atomic E-state index is 16.0. The predicted molar refractivity (Wildman–Crippen MR) is 671 cm³/mol. The smallest absolute Gasteiger partial charge is 0.308 e. The minimum atomic E-state index is -0.503. The highest BCUT2D eigenvalue weighted by atomic mass is 32.2. The molecule has 25 atom stereocenters. The normalized spacial score (nSPS) is 29.0. The molecule has 864 valence electrons. The third-order valence-corrected chi connectivity index (χ3v) is 50.0. The highest BCUT2D eigenvalue weighted by Crippen LogP contribution is 2.59. The summed E-state index contributed by atoms with van der Waals surface area (Å²) < 4.78 is 0. The first-order chi connectivity index (χ1) is 72.7. The Kier molecular flexibility index (Phi) is 78.9. The van der Waals surface area contributed by atoms with E-state index in [9.17, 15) is 5.11 Å². The fourth-order valence-corrected chi connectivity index (χ4v) is 43.0. The first kappa shape index (κ1) is 132. The molecule has 9 fully saturated rings. The van der Waals surface area contributed by atoms with Gasteiger partial charge < -0.3 is 5.11 Å². The van der Waals surface area contributed by atoms with Crippen molar-refractivity contribution in [2.45, 2.75) is 705 Å². The molecule has 0 radical (unpaired) electrons. The molecule has 5 saturated heterocycles. The lowest BCUT2D eigenvalue weighted by Crippen LogP contribution is -2.62. The van der Waals surface area contributed by atoms with Crippen molar-refractivity contribution in [2.24, 2.45) is 53.3 Å². The Hall–Kier alpha value is 1.95. The van der Waals surface area contributed by atoms with Crippen molar-refractivity contribution >= 4 is 100 Å². The number of fused-ring (bicyclic) bond motifs is 20. The monoisotopic (exact) mass is 2200 g/mol. The zero-order valence-corrected chi connectivity index (χ0v) is 105. The van der Waals surface area contributed by atoms with Crippen LogP contribution in [-0.4, -0.2) is 148 Å². The number of rotatable bonds is 97. The summed E-state index contributed by atoms with van der Waals surface area (Å²) in [5.74, 6) is 11.8. The van der Waals surface area contributed by atoms with Crippen LogP contribution in [0.5, 0.6) is 0 Å². The minimum Gasteiger partial charge on any atom is -0.481 e. The van der Waals surface area contributed by atoms with E-state index in [1.54, 1.807) is 0 Å². The molecule has 10 nitrogen and oxygen atoms in total. The molecule has 18 heteroatoms. The second-order valence-electron chi connectivity index (χ2n) is 49.3. The van der Waals surface area contributed by atoms with Crippen LogP contribution in [0.25, 0.3) is 0 Å². The lowest BCUT2D eigenvalue weighted by atomic mass is 9.70. The van der Waals surface area contributed by atoms with Gasteiger partial charge in [-0.25, -0.2) is 0 Å². The van der Waals surface area contributed by atoms with Gasteiger partial charge in [-0.05, 0) is 141 Å². The van der Waals surface area contributed by atoms with Crippen LogP contribution >= 0.6 is 94.1 Å². The van der Waals surface area contributed by atoms with Crippen LogP contribution < -0.4 is 42.5 Å². The van der Waals surface area contributed by atoms with Crippen molar-refractivity contribution in [1.82, 2.24) is 42.5 Å². The molecule has 8 bridgehead atoms. The Bertz CT molecular complexity index is 3010. The van der Waals surface area contributed by atoms with E-state index in [-0.39, 0.29) is 71.7 Å². The average molecular weight is 2200 g/mol. The number of thioether (sulfide) groups is 8. The van der Waals surface area contributed by atoms with E-state index in [1.807, 2.05) is 0 Å². The fourth-order valence-electron chi connectivity index (χ4n) is 28.4. The van der Waals surface area contributed by atoms with Crippen molar-refractivity contribution in [3.63, 3.8) is 0 Å². The van der Waals surface area contributed by atoms with Crippen LogP contribution in [-0.2, 0) is 4.79 Å². The molecule has 0 spiro atoms. The maximum atomic E-state index is 16.0. The molecule has 0 aromatic heterocycles. The van der Waals surface area contributed by atoms with E-state index < -0.39 is 11.9 Å². The quantitative estimate of drug-likeness (QED) is 0.0267. The van der Waals surface area contributed by atoms with Crippen LogP contribution in [0.4, 0.5) is 0 Å². The zero-order chi connectivity index (χ0) is 103. The maximum Gasteiger partial charge on any atom is 0.308 e. The number of carboxylic acid groups (broad SMARTS) is 1. The topological polar surface area (TPSA) is 134 Å². The van der Waals surface area contributed by atoms with Gasteiger partial charge in [0.15, 0.2) is 0 Å². The first-order valence-electron chi connectivity index (χ1n) is 67.0. The molecular weight excluding hydrogens is 1950 g/mol. The summed E-state index contributed by atoms with van der Waals surface area (Å²) in [6, 6.07) is 0. The average Bonchev–Trinajstić information content (AvgIpc) is 1.57. The molecule has 9 aliphatic rings. The SMILES string of the molecule is CCCCCCCCCCCCSC1CCCC2C3NC4NC(NC5NC(NC6NC(NC(N3)C12)C1C(SCCCCCCCCCCCC)C(SCCCCCCCCCCCC)C(SCCCCCCCCCCCC)C(SCCCCCCCCCCCC)C61)C1C(SCCCCCCCCCCCC)C(SCCCCCCCCCCCC)C(SCCCCCCCCCCCC)C(C(=O)O)C51)C1CCCCC41. The Morgan fingerprint density at radius 1 is 0.177 bits per heavy atom. The minimum absolute atomic E-state index is 0.0406. The number of aliphatic carboxylic acids is 1. The van der Waals surface area contributed by atoms with Gasteiger partial charge in [0.05, 0.1) is 55.2 Å². The molecule has 5 heterocycles. The van der Waals surface area contributed by atoms with Crippen LogP contribution in [0.1, 0.15) is 614 Å². The van der Waals surface area contributed by atoms with Crippen molar-refractivity contribution in [3.8, 4) is 0 Å². The zero-order valence-electron chi connectivity index (χ0n) is 98.2. The molecule has 9 N–H and O–H groups in total. The highest BCUT2D eigenvalue weighted by molar-refractivity contribution is 8.07.